The Bertz CT molecular complexity index is 942. The average Bonchev–Trinajstić information content (AvgIpc) is 2.65. The summed E-state index contributed by atoms with van der Waals surface area (Å²) in [6.45, 7) is 1.96. The van der Waals surface area contributed by atoms with Crippen LogP contribution in [0, 0.1) is 18.6 Å². The summed E-state index contributed by atoms with van der Waals surface area (Å²) in [5, 5.41) is 0. The number of carbonyl (C=O) groups is 1. The topological polar surface area (TPSA) is 33.2 Å². The number of amides is 1. The van der Waals surface area contributed by atoms with Crippen molar-refractivity contribution in [3.8, 4) is 11.3 Å². The zero-order chi connectivity index (χ0) is 18.7. The van der Waals surface area contributed by atoms with Gasteiger partial charge in [-0.05, 0) is 36.8 Å². The lowest BCUT2D eigenvalue weighted by Gasteiger charge is -2.18. The Morgan fingerprint density at radius 1 is 1.00 bits per heavy atom. The summed E-state index contributed by atoms with van der Waals surface area (Å²) < 4.78 is 26.4. The van der Waals surface area contributed by atoms with Crippen LogP contribution in [-0.4, -0.2) is 22.8 Å². The van der Waals surface area contributed by atoms with E-state index in [9.17, 15) is 13.6 Å². The third-order valence-electron chi connectivity index (χ3n) is 4.14. The minimum Gasteiger partial charge on any atom is -0.337 e. The molecule has 0 aliphatic carbocycles. The van der Waals surface area contributed by atoms with Crippen LogP contribution >= 0.6 is 0 Å². The first-order chi connectivity index (χ1) is 12.5. The van der Waals surface area contributed by atoms with E-state index in [1.807, 2.05) is 30.3 Å². The predicted molar refractivity (Wildman–Crippen MR) is 96.6 cm³/mol. The van der Waals surface area contributed by atoms with E-state index in [0.717, 1.165) is 23.4 Å². The lowest BCUT2D eigenvalue weighted by Crippen LogP contribution is -2.27. The molecular weight excluding hydrogens is 334 g/mol. The van der Waals surface area contributed by atoms with Gasteiger partial charge in [0.1, 0.15) is 0 Å². The van der Waals surface area contributed by atoms with Crippen LogP contribution in [-0.2, 0) is 6.54 Å². The molecule has 0 radical (unpaired) electrons. The summed E-state index contributed by atoms with van der Waals surface area (Å²) in [7, 11) is 1.62. The molecule has 0 spiro atoms. The lowest BCUT2D eigenvalue weighted by atomic mass is 10.1. The van der Waals surface area contributed by atoms with Crippen LogP contribution in [0.4, 0.5) is 8.78 Å². The standard InChI is InChI=1S/C21H18F2N2O/c1-14-17(9-11-20(24-14)16-6-4-3-5-7-16)21(26)25(2)13-15-8-10-18(22)19(23)12-15/h3-12H,13H2,1-2H3. The molecular formula is C21H18F2N2O. The van der Waals surface area contributed by atoms with Crippen LogP contribution in [0.25, 0.3) is 11.3 Å². The number of aromatic nitrogens is 1. The largest absolute Gasteiger partial charge is 0.337 e. The maximum absolute atomic E-state index is 13.3. The number of nitrogens with zero attached hydrogens (tertiary/aromatic N) is 2. The van der Waals surface area contributed by atoms with Crippen molar-refractivity contribution >= 4 is 5.91 Å². The van der Waals surface area contributed by atoms with Gasteiger partial charge in [-0.2, -0.15) is 0 Å². The number of carbonyl (C=O) groups excluding carboxylic acids is 1. The van der Waals surface area contributed by atoms with E-state index in [0.29, 0.717) is 16.8 Å². The van der Waals surface area contributed by atoms with Crippen molar-refractivity contribution in [3.05, 3.63) is 89.1 Å². The highest BCUT2D eigenvalue weighted by molar-refractivity contribution is 5.95. The van der Waals surface area contributed by atoms with Crippen LogP contribution < -0.4 is 0 Å². The summed E-state index contributed by atoms with van der Waals surface area (Å²) in [6, 6.07) is 16.9. The molecule has 0 fully saturated rings. The molecule has 3 nitrogen and oxygen atoms in total. The van der Waals surface area contributed by atoms with E-state index in [2.05, 4.69) is 4.98 Å². The van der Waals surface area contributed by atoms with Crippen molar-refractivity contribution in [2.75, 3.05) is 7.05 Å². The Kier molecular flexibility index (Phi) is 5.07. The van der Waals surface area contributed by atoms with Gasteiger partial charge in [-0.3, -0.25) is 9.78 Å². The smallest absolute Gasteiger partial charge is 0.255 e. The molecule has 3 aromatic rings. The van der Waals surface area contributed by atoms with Crippen LogP contribution in [0.1, 0.15) is 21.6 Å². The number of hydrogen-bond donors (Lipinski definition) is 0. The van der Waals surface area contributed by atoms with Crippen LogP contribution in [0.5, 0.6) is 0 Å². The number of pyridine rings is 1. The van der Waals surface area contributed by atoms with E-state index < -0.39 is 11.6 Å². The van der Waals surface area contributed by atoms with Gasteiger partial charge in [0.2, 0.25) is 0 Å². The molecule has 0 aliphatic heterocycles. The second-order valence-electron chi connectivity index (χ2n) is 6.11. The van der Waals surface area contributed by atoms with Crippen molar-refractivity contribution in [1.82, 2.24) is 9.88 Å². The highest BCUT2D eigenvalue weighted by Gasteiger charge is 2.16. The maximum atomic E-state index is 13.3. The number of aryl methyl sites for hydroxylation is 1. The number of rotatable bonds is 4. The molecule has 0 N–H and O–H groups in total. The van der Waals surface area contributed by atoms with E-state index in [-0.39, 0.29) is 12.5 Å². The zero-order valence-electron chi connectivity index (χ0n) is 14.5. The average molecular weight is 352 g/mol. The minimum absolute atomic E-state index is 0.176. The Morgan fingerprint density at radius 3 is 2.38 bits per heavy atom. The number of hydrogen-bond acceptors (Lipinski definition) is 2. The van der Waals surface area contributed by atoms with Gasteiger partial charge in [-0.25, -0.2) is 8.78 Å². The fourth-order valence-electron chi connectivity index (χ4n) is 2.75. The number of benzene rings is 2. The fraction of sp³-hybridized carbons (Fsp3) is 0.143. The van der Waals surface area contributed by atoms with E-state index in [4.69, 9.17) is 0 Å². The zero-order valence-corrected chi connectivity index (χ0v) is 14.5. The molecule has 0 aliphatic rings. The van der Waals surface area contributed by atoms with Crippen LogP contribution in [0.2, 0.25) is 0 Å². The summed E-state index contributed by atoms with van der Waals surface area (Å²) >= 11 is 0. The molecule has 0 saturated carbocycles. The van der Waals surface area contributed by atoms with Crippen LogP contribution in [0.3, 0.4) is 0 Å². The second kappa shape index (κ2) is 7.44. The second-order valence-corrected chi connectivity index (χ2v) is 6.11. The third-order valence-corrected chi connectivity index (χ3v) is 4.14. The summed E-state index contributed by atoms with van der Waals surface area (Å²) in [5.41, 5.74) is 3.39. The van der Waals surface area contributed by atoms with Crippen molar-refractivity contribution in [1.29, 1.82) is 0 Å². The Balaban J connectivity index is 1.79. The molecule has 5 heteroatoms. The van der Waals surface area contributed by atoms with E-state index >= 15 is 0 Å². The molecule has 0 saturated heterocycles. The Hall–Kier alpha value is -3.08. The monoisotopic (exact) mass is 352 g/mol. The molecule has 0 bridgehead atoms. The highest BCUT2D eigenvalue weighted by Crippen LogP contribution is 2.20. The molecule has 26 heavy (non-hydrogen) atoms. The van der Waals surface area contributed by atoms with Gasteiger partial charge in [-0.15, -0.1) is 0 Å². The molecule has 0 atom stereocenters. The van der Waals surface area contributed by atoms with E-state index in [1.54, 1.807) is 26.1 Å². The van der Waals surface area contributed by atoms with Gasteiger partial charge >= 0.3 is 0 Å². The quantitative estimate of drug-likeness (QED) is 0.687. The first-order valence-corrected chi connectivity index (χ1v) is 8.18. The van der Waals surface area contributed by atoms with Crippen molar-refractivity contribution in [3.63, 3.8) is 0 Å². The maximum Gasteiger partial charge on any atom is 0.255 e. The Morgan fingerprint density at radius 2 is 1.73 bits per heavy atom. The first-order valence-electron chi connectivity index (χ1n) is 8.18. The van der Waals surface area contributed by atoms with Crippen molar-refractivity contribution in [2.45, 2.75) is 13.5 Å². The predicted octanol–water partition coefficient (Wildman–Crippen LogP) is 4.61. The van der Waals surface area contributed by atoms with Crippen molar-refractivity contribution < 1.29 is 13.6 Å². The molecule has 2 aromatic carbocycles. The van der Waals surface area contributed by atoms with Gasteiger partial charge in [0.15, 0.2) is 11.6 Å². The normalized spacial score (nSPS) is 10.6. The van der Waals surface area contributed by atoms with Gasteiger partial charge in [0.05, 0.1) is 17.0 Å². The highest BCUT2D eigenvalue weighted by atomic mass is 19.2. The fourth-order valence-corrected chi connectivity index (χ4v) is 2.75. The SMILES string of the molecule is Cc1nc(-c2ccccc2)ccc1C(=O)N(C)Cc1ccc(F)c(F)c1. The molecule has 0 unspecified atom stereocenters. The summed E-state index contributed by atoms with van der Waals surface area (Å²) in [5.74, 6) is -2.05. The van der Waals surface area contributed by atoms with Gasteiger partial charge in [-0.1, -0.05) is 36.4 Å². The summed E-state index contributed by atoms with van der Waals surface area (Å²) in [4.78, 5) is 18.7. The Labute approximate surface area is 150 Å². The molecule has 1 amide bonds. The molecule has 1 aromatic heterocycles. The number of halogens is 2. The van der Waals surface area contributed by atoms with Gasteiger partial charge < -0.3 is 4.90 Å². The van der Waals surface area contributed by atoms with E-state index in [1.165, 1.54) is 11.0 Å². The molecule has 132 valence electrons. The minimum atomic E-state index is -0.923. The van der Waals surface area contributed by atoms with Crippen LogP contribution in [0.15, 0.2) is 60.7 Å². The van der Waals surface area contributed by atoms with Gasteiger partial charge in [0.25, 0.3) is 5.91 Å². The molecule has 1 heterocycles. The summed E-state index contributed by atoms with van der Waals surface area (Å²) in [6.07, 6.45) is 0. The third kappa shape index (κ3) is 3.77. The lowest BCUT2D eigenvalue weighted by molar-refractivity contribution is 0.0783. The van der Waals surface area contributed by atoms with Crippen molar-refractivity contribution in [2.24, 2.45) is 0 Å². The molecule has 3 rings (SSSR count). The van der Waals surface area contributed by atoms with Gasteiger partial charge in [0, 0.05) is 19.2 Å². The first kappa shape index (κ1) is 17.7.